The van der Waals surface area contributed by atoms with Crippen LogP contribution in [0, 0.1) is 0 Å². The number of nitrogens with two attached hydrogens (primary N) is 1. The van der Waals surface area contributed by atoms with Crippen LogP contribution < -0.4 is 5.73 Å². The van der Waals surface area contributed by atoms with Crippen LogP contribution in [-0.2, 0) is 12.8 Å². The Morgan fingerprint density at radius 3 is 2.94 bits per heavy atom. The Hall–Kier alpha value is -2.23. The van der Waals surface area contributed by atoms with Gasteiger partial charge >= 0.3 is 0 Å². The molecular formula is C13H13N3O. The summed E-state index contributed by atoms with van der Waals surface area (Å²) in [6, 6.07) is 10.0. The molecule has 0 saturated carbocycles. The van der Waals surface area contributed by atoms with Crippen molar-refractivity contribution in [2.24, 2.45) is 0 Å². The van der Waals surface area contributed by atoms with Crippen molar-refractivity contribution in [1.29, 1.82) is 0 Å². The Morgan fingerprint density at radius 1 is 1.24 bits per heavy atom. The van der Waals surface area contributed by atoms with Crippen molar-refractivity contribution in [2.45, 2.75) is 12.8 Å². The highest BCUT2D eigenvalue weighted by atomic mass is 16.5. The standard InChI is InChI=1S/C13H13N3O/c14-13-7-10(17-16-13)6-5-9-8-15-12-4-2-1-3-11(9)12/h1-4,7-8,15H,5-6H2,(H2,14,16). The SMILES string of the molecule is Nc1cc(CCc2c[nH]c3ccccc23)on1. The molecule has 17 heavy (non-hydrogen) atoms. The van der Waals surface area contributed by atoms with Gasteiger partial charge in [0.2, 0.25) is 0 Å². The molecule has 3 rings (SSSR count). The van der Waals surface area contributed by atoms with Crippen molar-refractivity contribution in [1.82, 2.24) is 10.1 Å². The van der Waals surface area contributed by atoms with Crippen LogP contribution in [0.1, 0.15) is 11.3 Å². The summed E-state index contributed by atoms with van der Waals surface area (Å²) in [5.74, 6) is 1.27. The first-order valence-corrected chi connectivity index (χ1v) is 5.59. The second kappa shape index (κ2) is 3.97. The molecule has 0 bridgehead atoms. The lowest BCUT2D eigenvalue weighted by Gasteiger charge is -1.96. The lowest BCUT2D eigenvalue weighted by Crippen LogP contribution is -1.88. The summed E-state index contributed by atoms with van der Waals surface area (Å²) in [6.07, 6.45) is 3.77. The predicted octanol–water partition coefficient (Wildman–Crippen LogP) is 2.52. The van der Waals surface area contributed by atoms with E-state index in [0.717, 1.165) is 18.6 Å². The highest BCUT2D eigenvalue weighted by Gasteiger charge is 2.05. The number of aromatic nitrogens is 2. The number of hydrogen-bond donors (Lipinski definition) is 2. The highest BCUT2D eigenvalue weighted by Crippen LogP contribution is 2.19. The van der Waals surface area contributed by atoms with Crippen LogP contribution in [0.4, 0.5) is 5.82 Å². The van der Waals surface area contributed by atoms with Gasteiger partial charge in [0.05, 0.1) is 0 Å². The van der Waals surface area contributed by atoms with Crippen LogP contribution in [0.15, 0.2) is 41.1 Å². The Bertz CT molecular complexity index is 639. The molecule has 3 aromatic rings. The van der Waals surface area contributed by atoms with Gasteiger partial charge in [0.1, 0.15) is 5.76 Å². The molecule has 0 aliphatic carbocycles. The maximum Gasteiger partial charge on any atom is 0.167 e. The number of fused-ring (bicyclic) bond motifs is 1. The molecule has 0 aliphatic rings. The number of nitrogen functional groups attached to an aromatic ring is 1. The molecule has 4 heteroatoms. The minimum Gasteiger partial charge on any atom is -0.381 e. The van der Waals surface area contributed by atoms with Gasteiger partial charge < -0.3 is 15.2 Å². The van der Waals surface area contributed by atoms with E-state index in [1.165, 1.54) is 16.5 Å². The second-order valence-corrected chi connectivity index (χ2v) is 4.08. The topological polar surface area (TPSA) is 67.8 Å². The van der Waals surface area contributed by atoms with Gasteiger partial charge in [-0.25, -0.2) is 0 Å². The largest absolute Gasteiger partial charge is 0.381 e. The van der Waals surface area contributed by atoms with E-state index < -0.39 is 0 Å². The van der Waals surface area contributed by atoms with E-state index in [9.17, 15) is 0 Å². The summed E-state index contributed by atoms with van der Waals surface area (Å²) in [5, 5.41) is 4.94. The number of nitrogens with one attached hydrogen (secondary N) is 1. The zero-order valence-electron chi connectivity index (χ0n) is 9.31. The van der Waals surface area contributed by atoms with Crippen molar-refractivity contribution >= 4 is 16.7 Å². The molecule has 2 heterocycles. The number of H-pyrrole nitrogens is 1. The fourth-order valence-corrected chi connectivity index (χ4v) is 2.04. The van der Waals surface area contributed by atoms with Gasteiger partial charge in [0.25, 0.3) is 0 Å². The third kappa shape index (κ3) is 1.89. The average molecular weight is 227 g/mol. The van der Waals surface area contributed by atoms with E-state index in [0.29, 0.717) is 5.82 Å². The number of benzene rings is 1. The molecule has 0 atom stereocenters. The molecule has 0 aliphatic heterocycles. The summed E-state index contributed by atoms with van der Waals surface area (Å²) in [6.45, 7) is 0. The zero-order chi connectivity index (χ0) is 11.7. The average Bonchev–Trinajstić information content (AvgIpc) is 2.93. The second-order valence-electron chi connectivity index (χ2n) is 4.08. The smallest absolute Gasteiger partial charge is 0.167 e. The van der Waals surface area contributed by atoms with Crippen LogP contribution >= 0.6 is 0 Å². The zero-order valence-corrected chi connectivity index (χ0v) is 9.31. The first kappa shape index (κ1) is 9.96. The van der Waals surface area contributed by atoms with Crippen LogP contribution in [0.3, 0.4) is 0 Å². The Morgan fingerprint density at radius 2 is 2.12 bits per heavy atom. The fourth-order valence-electron chi connectivity index (χ4n) is 2.04. The van der Waals surface area contributed by atoms with E-state index in [1.54, 1.807) is 6.07 Å². The van der Waals surface area contributed by atoms with E-state index >= 15 is 0 Å². The van der Waals surface area contributed by atoms with Crippen LogP contribution in [0.25, 0.3) is 10.9 Å². The van der Waals surface area contributed by atoms with Gasteiger partial charge in [0.15, 0.2) is 5.82 Å². The van der Waals surface area contributed by atoms with E-state index in [2.05, 4.69) is 22.3 Å². The number of rotatable bonds is 3. The predicted molar refractivity (Wildman–Crippen MR) is 66.6 cm³/mol. The molecule has 1 aromatic carbocycles. The summed E-state index contributed by atoms with van der Waals surface area (Å²) in [7, 11) is 0. The molecule has 3 N–H and O–H groups in total. The quantitative estimate of drug-likeness (QED) is 0.722. The number of nitrogens with zero attached hydrogens (tertiary/aromatic N) is 1. The van der Waals surface area contributed by atoms with Gasteiger partial charge in [-0.3, -0.25) is 0 Å². The maximum atomic E-state index is 5.51. The van der Waals surface area contributed by atoms with Crippen molar-refractivity contribution in [3.63, 3.8) is 0 Å². The molecule has 0 saturated heterocycles. The molecule has 0 spiro atoms. The fraction of sp³-hybridized carbons (Fsp3) is 0.154. The summed E-state index contributed by atoms with van der Waals surface area (Å²) in [4.78, 5) is 3.26. The van der Waals surface area contributed by atoms with Crippen LogP contribution in [0.2, 0.25) is 0 Å². The number of aromatic amines is 1. The van der Waals surface area contributed by atoms with Gasteiger partial charge in [-0.2, -0.15) is 0 Å². The van der Waals surface area contributed by atoms with Gasteiger partial charge in [0, 0.05) is 29.6 Å². The van der Waals surface area contributed by atoms with Crippen molar-refractivity contribution < 1.29 is 4.52 Å². The highest BCUT2D eigenvalue weighted by molar-refractivity contribution is 5.83. The van der Waals surface area contributed by atoms with Gasteiger partial charge in [-0.15, -0.1) is 0 Å². The molecule has 0 amide bonds. The minimum absolute atomic E-state index is 0.443. The minimum atomic E-state index is 0.443. The maximum absolute atomic E-state index is 5.51. The molecule has 0 radical (unpaired) electrons. The third-order valence-electron chi connectivity index (χ3n) is 2.89. The lowest BCUT2D eigenvalue weighted by atomic mass is 10.1. The first-order valence-electron chi connectivity index (χ1n) is 5.59. The third-order valence-corrected chi connectivity index (χ3v) is 2.89. The van der Waals surface area contributed by atoms with Gasteiger partial charge in [-0.1, -0.05) is 23.4 Å². The summed E-state index contributed by atoms with van der Waals surface area (Å²) in [5.41, 5.74) is 7.96. The van der Waals surface area contributed by atoms with Crippen molar-refractivity contribution in [3.8, 4) is 0 Å². The van der Waals surface area contributed by atoms with Crippen molar-refractivity contribution in [3.05, 3.63) is 47.9 Å². The van der Waals surface area contributed by atoms with E-state index in [1.807, 2.05) is 18.3 Å². The van der Waals surface area contributed by atoms with E-state index in [-0.39, 0.29) is 0 Å². The summed E-state index contributed by atoms with van der Waals surface area (Å²) >= 11 is 0. The molecular weight excluding hydrogens is 214 g/mol. The molecule has 86 valence electrons. The van der Waals surface area contributed by atoms with Gasteiger partial charge in [-0.05, 0) is 18.1 Å². The number of para-hydroxylation sites is 1. The lowest BCUT2D eigenvalue weighted by molar-refractivity contribution is 0.386. The number of anilines is 1. The molecule has 0 fully saturated rings. The normalized spacial score (nSPS) is 11.1. The molecule has 2 aromatic heterocycles. The Balaban J connectivity index is 1.81. The van der Waals surface area contributed by atoms with Crippen LogP contribution in [-0.4, -0.2) is 10.1 Å². The van der Waals surface area contributed by atoms with Crippen molar-refractivity contribution in [2.75, 3.05) is 5.73 Å². The number of aryl methyl sites for hydroxylation is 2. The summed E-state index contributed by atoms with van der Waals surface area (Å²) < 4.78 is 5.09. The molecule has 0 unspecified atom stereocenters. The van der Waals surface area contributed by atoms with Crippen LogP contribution in [0.5, 0.6) is 0 Å². The Kier molecular flexibility index (Phi) is 2.33. The monoisotopic (exact) mass is 227 g/mol. The number of hydrogen-bond acceptors (Lipinski definition) is 3. The molecule has 4 nitrogen and oxygen atoms in total. The van der Waals surface area contributed by atoms with E-state index in [4.69, 9.17) is 10.3 Å². The first-order chi connectivity index (χ1) is 8.33. The Labute approximate surface area is 98.4 Å².